The first kappa shape index (κ1) is 16.0. The van der Waals surface area contributed by atoms with E-state index in [-0.39, 0.29) is 23.9 Å². The fraction of sp³-hybridized carbons (Fsp3) is 0.625. The first-order valence-corrected chi connectivity index (χ1v) is 8.54. The van der Waals surface area contributed by atoms with Crippen LogP contribution in [-0.2, 0) is 16.0 Å². The summed E-state index contributed by atoms with van der Waals surface area (Å²) >= 11 is 1.70. The van der Waals surface area contributed by atoms with Crippen molar-refractivity contribution in [3.63, 3.8) is 0 Å². The molecular weight excluding hydrogens is 284 g/mol. The third-order valence-electron chi connectivity index (χ3n) is 3.86. The van der Waals surface area contributed by atoms with Crippen molar-refractivity contribution in [3.8, 4) is 0 Å². The smallest absolute Gasteiger partial charge is 0.245 e. The van der Waals surface area contributed by atoms with Gasteiger partial charge in [-0.05, 0) is 36.6 Å². The molecule has 1 aliphatic rings. The van der Waals surface area contributed by atoms with Crippen molar-refractivity contribution < 1.29 is 9.59 Å². The third-order valence-corrected chi connectivity index (χ3v) is 4.79. The van der Waals surface area contributed by atoms with Gasteiger partial charge >= 0.3 is 0 Å². The first-order valence-electron chi connectivity index (χ1n) is 7.66. The highest BCUT2D eigenvalue weighted by Crippen LogP contribution is 2.20. The number of amides is 2. The number of thiophene rings is 1. The predicted octanol–water partition coefficient (Wildman–Crippen LogP) is 2.44. The standard InChI is InChI=1S/C16H24N2O2S/c1-4-13-16(20)18(8-7-12-6-5-9-21-12)14(10-11(2)3)15(19)17-13/h5-6,9,11,13-14H,4,7-8,10H2,1-3H3,(H,17,19). The Morgan fingerprint density at radius 3 is 2.71 bits per heavy atom. The number of nitrogens with zero attached hydrogens (tertiary/aromatic N) is 1. The molecular formula is C16H24N2O2S. The van der Waals surface area contributed by atoms with Crippen molar-refractivity contribution in [1.29, 1.82) is 0 Å². The average Bonchev–Trinajstić information content (AvgIpc) is 2.94. The van der Waals surface area contributed by atoms with Gasteiger partial charge in [-0.1, -0.05) is 26.8 Å². The molecule has 1 saturated heterocycles. The minimum Gasteiger partial charge on any atom is -0.343 e. The summed E-state index contributed by atoms with van der Waals surface area (Å²) in [7, 11) is 0. The molecule has 1 aromatic rings. The molecule has 0 aromatic carbocycles. The van der Waals surface area contributed by atoms with E-state index in [2.05, 4.69) is 25.2 Å². The van der Waals surface area contributed by atoms with E-state index in [4.69, 9.17) is 0 Å². The lowest BCUT2D eigenvalue weighted by atomic mass is 9.97. The SMILES string of the molecule is CCC1NC(=O)C(CC(C)C)N(CCc2cccs2)C1=O. The van der Waals surface area contributed by atoms with Gasteiger partial charge in [-0.2, -0.15) is 0 Å². The number of hydrogen-bond donors (Lipinski definition) is 1. The molecule has 2 rings (SSSR count). The van der Waals surface area contributed by atoms with E-state index in [0.29, 0.717) is 18.9 Å². The highest BCUT2D eigenvalue weighted by atomic mass is 32.1. The van der Waals surface area contributed by atoms with E-state index in [0.717, 1.165) is 12.8 Å². The van der Waals surface area contributed by atoms with Gasteiger partial charge in [0.25, 0.3) is 0 Å². The fourth-order valence-electron chi connectivity index (χ4n) is 2.73. The molecule has 2 unspecified atom stereocenters. The maximum atomic E-state index is 12.6. The van der Waals surface area contributed by atoms with Crippen LogP contribution in [0, 0.1) is 5.92 Å². The van der Waals surface area contributed by atoms with Crippen LogP contribution in [0.15, 0.2) is 17.5 Å². The minimum absolute atomic E-state index is 0.00123. The number of piperazine rings is 1. The van der Waals surface area contributed by atoms with Crippen molar-refractivity contribution in [2.75, 3.05) is 6.54 Å². The molecule has 1 aromatic heterocycles. The van der Waals surface area contributed by atoms with Crippen LogP contribution in [-0.4, -0.2) is 35.3 Å². The summed E-state index contributed by atoms with van der Waals surface area (Å²) in [6, 6.07) is 3.42. The molecule has 2 heterocycles. The van der Waals surface area contributed by atoms with Gasteiger partial charge < -0.3 is 10.2 Å². The van der Waals surface area contributed by atoms with E-state index in [9.17, 15) is 9.59 Å². The average molecular weight is 308 g/mol. The monoisotopic (exact) mass is 308 g/mol. The van der Waals surface area contributed by atoms with Crippen LogP contribution in [0.2, 0.25) is 0 Å². The van der Waals surface area contributed by atoms with Crippen molar-refractivity contribution in [2.24, 2.45) is 5.92 Å². The van der Waals surface area contributed by atoms with Crippen LogP contribution in [0.25, 0.3) is 0 Å². The zero-order chi connectivity index (χ0) is 15.4. The summed E-state index contributed by atoms with van der Waals surface area (Å²) in [5.41, 5.74) is 0. The summed E-state index contributed by atoms with van der Waals surface area (Å²) in [5.74, 6) is 0.455. The molecule has 4 nitrogen and oxygen atoms in total. The Kier molecular flexibility index (Phi) is 5.39. The second kappa shape index (κ2) is 7.07. The third kappa shape index (κ3) is 3.84. The highest BCUT2D eigenvalue weighted by molar-refractivity contribution is 7.09. The van der Waals surface area contributed by atoms with Crippen LogP contribution in [0.1, 0.15) is 38.5 Å². The Bertz CT molecular complexity index is 484. The number of hydrogen-bond acceptors (Lipinski definition) is 3. The molecule has 1 N–H and O–H groups in total. The van der Waals surface area contributed by atoms with Gasteiger partial charge in [-0.25, -0.2) is 0 Å². The lowest BCUT2D eigenvalue weighted by Gasteiger charge is -2.39. The predicted molar refractivity (Wildman–Crippen MR) is 85.2 cm³/mol. The minimum atomic E-state index is -0.357. The lowest BCUT2D eigenvalue weighted by molar-refractivity contribution is -0.150. The molecule has 21 heavy (non-hydrogen) atoms. The van der Waals surface area contributed by atoms with Crippen LogP contribution < -0.4 is 5.32 Å². The van der Waals surface area contributed by atoms with Gasteiger partial charge in [-0.15, -0.1) is 11.3 Å². The highest BCUT2D eigenvalue weighted by Gasteiger charge is 2.39. The number of carbonyl (C=O) groups excluding carboxylic acids is 2. The van der Waals surface area contributed by atoms with Crippen molar-refractivity contribution in [1.82, 2.24) is 10.2 Å². The van der Waals surface area contributed by atoms with E-state index in [1.807, 2.05) is 18.4 Å². The van der Waals surface area contributed by atoms with Crippen molar-refractivity contribution in [3.05, 3.63) is 22.4 Å². The normalized spacial score (nSPS) is 22.8. The number of carbonyl (C=O) groups is 2. The molecule has 0 saturated carbocycles. The van der Waals surface area contributed by atoms with E-state index >= 15 is 0 Å². The molecule has 0 spiro atoms. The largest absolute Gasteiger partial charge is 0.343 e. The van der Waals surface area contributed by atoms with Gasteiger partial charge in [0.05, 0.1) is 0 Å². The molecule has 1 aliphatic heterocycles. The lowest BCUT2D eigenvalue weighted by Crippen LogP contribution is -2.63. The summed E-state index contributed by atoms with van der Waals surface area (Å²) in [5, 5.41) is 4.91. The maximum Gasteiger partial charge on any atom is 0.245 e. The van der Waals surface area contributed by atoms with Gasteiger partial charge in [0, 0.05) is 11.4 Å². The van der Waals surface area contributed by atoms with E-state index in [1.165, 1.54) is 4.88 Å². The summed E-state index contributed by atoms with van der Waals surface area (Å²) in [6.45, 7) is 6.73. The zero-order valence-corrected chi connectivity index (χ0v) is 13.8. The van der Waals surface area contributed by atoms with E-state index in [1.54, 1.807) is 16.2 Å². The molecule has 0 radical (unpaired) electrons. The summed E-state index contributed by atoms with van der Waals surface area (Å²) < 4.78 is 0. The van der Waals surface area contributed by atoms with Gasteiger partial charge in [0.1, 0.15) is 12.1 Å². The Morgan fingerprint density at radius 2 is 2.14 bits per heavy atom. The Hall–Kier alpha value is -1.36. The summed E-state index contributed by atoms with van der Waals surface area (Å²) in [6.07, 6.45) is 2.19. The number of nitrogens with one attached hydrogen (secondary N) is 1. The zero-order valence-electron chi connectivity index (χ0n) is 13.0. The van der Waals surface area contributed by atoms with E-state index < -0.39 is 0 Å². The van der Waals surface area contributed by atoms with Gasteiger partial charge in [0.15, 0.2) is 0 Å². The van der Waals surface area contributed by atoms with Crippen molar-refractivity contribution >= 4 is 23.2 Å². The van der Waals surface area contributed by atoms with Crippen molar-refractivity contribution in [2.45, 2.75) is 52.1 Å². The van der Waals surface area contributed by atoms with Crippen LogP contribution >= 0.6 is 11.3 Å². The second-order valence-corrected chi connectivity index (χ2v) is 7.01. The first-order chi connectivity index (χ1) is 10.0. The number of rotatable bonds is 6. The molecule has 0 bridgehead atoms. The molecule has 0 aliphatic carbocycles. The topological polar surface area (TPSA) is 49.4 Å². The second-order valence-electron chi connectivity index (χ2n) is 5.98. The fourth-order valence-corrected chi connectivity index (χ4v) is 3.43. The Labute approximate surface area is 130 Å². The van der Waals surface area contributed by atoms with Crippen LogP contribution in [0.4, 0.5) is 0 Å². The molecule has 2 atom stereocenters. The van der Waals surface area contributed by atoms with Gasteiger partial charge in [0.2, 0.25) is 11.8 Å². The quantitative estimate of drug-likeness (QED) is 0.877. The molecule has 116 valence electrons. The maximum absolute atomic E-state index is 12.6. The van der Waals surface area contributed by atoms with Gasteiger partial charge in [-0.3, -0.25) is 9.59 Å². The van der Waals surface area contributed by atoms with Crippen LogP contribution in [0.3, 0.4) is 0 Å². The summed E-state index contributed by atoms with van der Waals surface area (Å²) in [4.78, 5) is 27.9. The Morgan fingerprint density at radius 1 is 1.38 bits per heavy atom. The molecule has 1 fully saturated rings. The molecule has 5 heteroatoms. The Balaban J connectivity index is 2.12. The van der Waals surface area contributed by atoms with Crippen LogP contribution in [0.5, 0.6) is 0 Å². The molecule has 2 amide bonds.